The van der Waals surface area contributed by atoms with Gasteiger partial charge in [-0.25, -0.2) is 9.18 Å². The van der Waals surface area contributed by atoms with Crippen LogP contribution in [0, 0.1) is 12.7 Å². The first-order valence-electron chi connectivity index (χ1n) is 14.3. The van der Waals surface area contributed by atoms with Crippen molar-refractivity contribution in [1.29, 1.82) is 0 Å². The van der Waals surface area contributed by atoms with Crippen LogP contribution in [0.4, 0.5) is 35.5 Å². The number of benzene rings is 2. The van der Waals surface area contributed by atoms with E-state index in [2.05, 4.69) is 10.2 Å². The fourth-order valence-electron chi connectivity index (χ4n) is 6.20. The van der Waals surface area contributed by atoms with Crippen LogP contribution in [0.1, 0.15) is 59.5 Å². The maximum atomic E-state index is 13.9. The van der Waals surface area contributed by atoms with E-state index in [0.717, 1.165) is 18.4 Å². The Hall–Kier alpha value is -3.35. The zero-order valence-corrected chi connectivity index (χ0v) is 23.6. The number of alkyl halides is 6. The zero-order chi connectivity index (χ0) is 31.1. The predicted molar refractivity (Wildman–Crippen MR) is 143 cm³/mol. The Morgan fingerprint density at radius 1 is 0.907 bits per heavy atom. The Labute approximate surface area is 244 Å². The van der Waals surface area contributed by atoms with Crippen LogP contribution in [0.2, 0.25) is 0 Å². The molecule has 1 saturated carbocycles. The highest BCUT2D eigenvalue weighted by molar-refractivity contribution is 5.79. The van der Waals surface area contributed by atoms with Gasteiger partial charge in [0.2, 0.25) is 5.91 Å². The third-order valence-corrected chi connectivity index (χ3v) is 8.55. The quantitative estimate of drug-likeness (QED) is 0.411. The summed E-state index contributed by atoms with van der Waals surface area (Å²) in [5.41, 5.74) is -1.65. The van der Waals surface area contributed by atoms with Gasteiger partial charge in [0.15, 0.2) is 0 Å². The molecule has 3 aliphatic rings. The monoisotopic (exact) mass is 614 g/mol. The average Bonchev–Trinajstić information content (AvgIpc) is 3.77. The first kappa shape index (κ1) is 31.1. The van der Waals surface area contributed by atoms with E-state index in [0.29, 0.717) is 62.8 Å². The summed E-state index contributed by atoms with van der Waals surface area (Å²) < 4.78 is 93.4. The molecule has 5 rings (SSSR count). The Bertz CT molecular complexity index is 1330. The van der Waals surface area contributed by atoms with Gasteiger partial charge in [0.25, 0.3) is 0 Å². The second-order valence-corrected chi connectivity index (χ2v) is 11.6. The highest BCUT2D eigenvalue weighted by Gasteiger charge is 2.41. The Morgan fingerprint density at radius 2 is 1.58 bits per heavy atom. The Kier molecular flexibility index (Phi) is 8.65. The largest absolute Gasteiger partial charge is 0.416 e. The van der Waals surface area contributed by atoms with Crippen molar-refractivity contribution in [2.24, 2.45) is 0 Å². The number of urea groups is 1. The number of piperidine rings is 1. The lowest BCUT2D eigenvalue weighted by Crippen LogP contribution is -2.57. The van der Waals surface area contributed by atoms with Gasteiger partial charge in [-0.1, -0.05) is 6.07 Å². The van der Waals surface area contributed by atoms with Crippen molar-refractivity contribution < 1.29 is 40.3 Å². The van der Waals surface area contributed by atoms with E-state index >= 15 is 0 Å². The predicted octanol–water partition coefficient (Wildman–Crippen LogP) is 5.94. The van der Waals surface area contributed by atoms with Gasteiger partial charge in [-0.2, -0.15) is 26.3 Å². The summed E-state index contributed by atoms with van der Waals surface area (Å²) in [6, 6.07) is 5.03. The van der Waals surface area contributed by atoms with Crippen LogP contribution in [0.5, 0.6) is 0 Å². The molecule has 1 aliphatic carbocycles. The molecule has 2 aromatic carbocycles. The van der Waals surface area contributed by atoms with Gasteiger partial charge in [0.05, 0.1) is 23.7 Å². The number of nitrogens with one attached hydrogen (secondary N) is 1. The molecule has 0 bridgehead atoms. The molecule has 0 unspecified atom stereocenters. The highest BCUT2D eigenvalue weighted by Crippen LogP contribution is 2.38. The fraction of sp³-hybridized carbons (Fsp3) is 0.533. The number of carbonyl (C=O) groups excluding carboxylic acids is 2. The van der Waals surface area contributed by atoms with Crippen LogP contribution >= 0.6 is 0 Å². The molecule has 43 heavy (non-hydrogen) atoms. The fourth-order valence-corrected chi connectivity index (χ4v) is 6.20. The van der Waals surface area contributed by atoms with E-state index < -0.39 is 41.4 Å². The van der Waals surface area contributed by atoms with Gasteiger partial charge >= 0.3 is 18.4 Å². The molecule has 2 aromatic rings. The van der Waals surface area contributed by atoms with Crippen molar-refractivity contribution in [3.8, 4) is 0 Å². The summed E-state index contributed by atoms with van der Waals surface area (Å²) in [7, 11) is 0. The number of halogens is 7. The van der Waals surface area contributed by atoms with Crippen molar-refractivity contribution >= 4 is 11.9 Å². The smallest absolute Gasteiger partial charge is 0.338 e. The second kappa shape index (κ2) is 12.0. The van der Waals surface area contributed by atoms with E-state index in [4.69, 9.17) is 0 Å². The van der Waals surface area contributed by atoms with Crippen molar-refractivity contribution in [2.75, 3.05) is 32.7 Å². The number of aryl methyl sites for hydroxylation is 1. The topological polar surface area (TPSA) is 55.9 Å². The zero-order valence-electron chi connectivity index (χ0n) is 23.6. The highest BCUT2D eigenvalue weighted by atomic mass is 19.4. The van der Waals surface area contributed by atoms with Crippen molar-refractivity contribution in [1.82, 2.24) is 20.0 Å². The van der Waals surface area contributed by atoms with Crippen molar-refractivity contribution in [3.05, 3.63) is 70.0 Å². The summed E-state index contributed by atoms with van der Waals surface area (Å²) in [4.78, 5) is 31.8. The molecule has 2 aliphatic heterocycles. The first-order valence-corrected chi connectivity index (χ1v) is 14.3. The number of rotatable bonds is 6. The summed E-state index contributed by atoms with van der Waals surface area (Å²) in [5.74, 6) is -0.336. The van der Waals surface area contributed by atoms with Crippen LogP contribution in [0.25, 0.3) is 0 Å². The van der Waals surface area contributed by atoms with Crippen LogP contribution in [0.3, 0.4) is 0 Å². The van der Waals surface area contributed by atoms with Crippen LogP contribution in [-0.4, -0.2) is 71.4 Å². The maximum Gasteiger partial charge on any atom is 0.416 e. The molecular formula is C30H33F7N4O2. The third kappa shape index (κ3) is 7.25. The molecule has 0 spiro atoms. The van der Waals surface area contributed by atoms with Gasteiger partial charge in [0, 0.05) is 38.3 Å². The normalized spacial score (nSPS) is 22.2. The van der Waals surface area contributed by atoms with Gasteiger partial charge in [-0.15, -0.1) is 0 Å². The SMILES string of the molecule is Cc1cc(F)ccc1[C@H]1C[C@H](N2CCN(C3CC3)C(=O)C2)CCN1C(=O)NCCc1cc(C(F)(F)F)cc(C(F)(F)F)c1. The number of carbonyl (C=O) groups is 2. The van der Waals surface area contributed by atoms with Crippen molar-refractivity contribution in [3.63, 3.8) is 0 Å². The molecule has 6 nitrogen and oxygen atoms in total. The standard InChI is InChI=1S/C30H33F7N4O2/c1-18-12-22(31)2-5-25(18)26-16-24(39-10-11-40(23-3-4-23)27(42)17-39)7-9-41(26)28(43)38-8-6-19-13-20(29(32,33)34)15-21(14-19)30(35,36)37/h2,5,12-15,23-24,26H,3-4,6-11,16-17H2,1H3,(H,38,43)/t24-,26-/m1/s1. The summed E-state index contributed by atoms with van der Waals surface area (Å²) in [6.07, 6.45) is -7.05. The molecule has 0 radical (unpaired) electrons. The molecule has 3 amide bonds. The Balaban J connectivity index is 1.29. The van der Waals surface area contributed by atoms with Crippen LogP contribution in [-0.2, 0) is 23.6 Å². The molecular weight excluding hydrogens is 581 g/mol. The maximum absolute atomic E-state index is 13.9. The minimum atomic E-state index is -4.96. The molecule has 0 aromatic heterocycles. The lowest BCUT2D eigenvalue weighted by atomic mass is 9.88. The molecule has 2 saturated heterocycles. The number of hydrogen-bond acceptors (Lipinski definition) is 3. The minimum Gasteiger partial charge on any atom is -0.338 e. The van der Waals surface area contributed by atoms with Gasteiger partial charge < -0.3 is 15.1 Å². The van der Waals surface area contributed by atoms with E-state index in [1.54, 1.807) is 17.9 Å². The molecule has 1 N–H and O–H groups in total. The number of hydrogen-bond donors (Lipinski definition) is 1. The molecule has 2 heterocycles. The van der Waals surface area contributed by atoms with Gasteiger partial charge in [-0.05, 0) is 86.1 Å². The van der Waals surface area contributed by atoms with E-state index in [-0.39, 0.29) is 36.5 Å². The number of amides is 3. The van der Waals surface area contributed by atoms with Gasteiger partial charge in [-0.3, -0.25) is 9.69 Å². The Morgan fingerprint density at radius 3 is 2.16 bits per heavy atom. The van der Waals surface area contributed by atoms with Gasteiger partial charge in [0.1, 0.15) is 5.82 Å². The van der Waals surface area contributed by atoms with E-state index in [9.17, 15) is 40.3 Å². The van der Waals surface area contributed by atoms with Crippen molar-refractivity contribution in [2.45, 2.75) is 69.5 Å². The van der Waals surface area contributed by atoms with Crippen LogP contribution < -0.4 is 5.32 Å². The van der Waals surface area contributed by atoms with Crippen LogP contribution in [0.15, 0.2) is 36.4 Å². The lowest BCUT2D eigenvalue weighted by molar-refractivity contribution is -0.143. The molecule has 3 fully saturated rings. The summed E-state index contributed by atoms with van der Waals surface area (Å²) in [6.45, 7) is 3.50. The lowest BCUT2D eigenvalue weighted by Gasteiger charge is -2.46. The second-order valence-electron chi connectivity index (χ2n) is 11.6. The summed E-state index contributed by atoms with van der Waals surface area (Å²) >= 11 is 0. The number of piperazine rings is 1. The van der Waals surface area contributed by atoms with E-state index in [1.807, 2.05) is 4.90 Å². The molecule has 13 heteroatoms. The summed E-state index contributed by atoms with van der Waals surface area (Å²) in [5, 5.41) is 2.65. The third-order valence-electron chi connectivity index (χ3n) is 8.55. The average molecular weight is 615 g/mol. The molecule has 234 valence electrons. The number of likely N-dealkylation sites (tertiary alicyclic amines) is 1. The number of nitrogens with zero attached hydrogens (tertiary/aromatic N) is 3. The minimum absolute atomic E-state index is 0.00490. The first-order chi connectivity index (χ1) is 20.2. The van der Waals surface area contributed by atoms with E-state index in [1.165, 1.54) is 12.1 Å². The molecule has 2 atom stereocenters.